The summed E-state index contributed by atoms with van der Waals surface area (Å²) >= 11 is 0. The highest BCUT2D eigenvalue weighted by Gasteiger charge is 2.25. The summed E-state index contributed by atoms with van der Waals surface area (Å²) in [6, 6.07) is 13.9. The Labute approximate surface area is 176 Å². The fraction of sp³-hybridized carbons (Fsp3) is 0.455. The molecule has 0 spiro atoms. The lowest BCUT2D eigenvalue weighted by Gasteiger charge is -2.32. The zero-order valence-corrected chi connectivity index (χ0v) is 17.3. The number of rotatable bonds is 8. The molecule has 3 heterocycles. The number of anilines is 1. The van der Waals surface area contributed by atoms with E-state index in [-0.39, 0.29) is 11.8 Å². The first-order valence-corrected chi connectivity index (χ1v) is 10.6. The predicted molar refractivity (Wildman–Crippen MR) is 115 cm³/mol. The topological polar surface area (TPSA) is 84.6 Å². The van der Waals surface area contributed by atoms with Gasteiger partial charge in [-0.3, -0.25) is 4.79 Å². The molecule has 0 saturated carbocycles. The van der Waals surface area contributed by atoms with Crippen molar-refractivity contribution in [3.8, 4) is 11.4 Å². The van der Waals surface area contributed by atoms with E-state index >= 15 is 0 Å². The van der Waals surface area contributed by atoms with Gasteiger partial charge in [-0.2, -0.15) is 4.52 Å². The summed E-state index contributed by atoms with van der Waals surface area (Å²) in [5.74, 6) is 1.83. The van der Waals surface area contributed by atoms with E-state index in [2.05, 4.69) is 20.4 Å². The summed E-state index contributed by atoms with van der Waals surface area (Å²) in [5.41, 5.74) is 1.70. The number of fused-ring (bicyclic) bond motifs is 1. The SMILES string of the molecule is CCOCCCNC(=O)C1CCN(c2ccc3nnc(-c4ccccc4)n3n2)CC1. The van der Waals surface area contributed by atoms with E-state index < -0.39 is 0 Å². The van der Waals surface area contributed by atoms with Crippen molar-refractivity contribution in [2.24, 2.45) is 5.92 Å². The van der Waals surface area contributed by atoms with E-state index in [9.17, 15) is 4.79 Å². The Morgan fingerprint density at radius 2 is 1.93 bits per heavy atom. The maximum absolute atomic E-state index is 12.4. The van der Waals surface area contributed by atoms with Gasteiger partial charge in [0.25, 0.3) is 0 Å². The summed E-state index contributed by atoms with van der Waals surface area (Å²) < 4.78 is 7.10. The van der Waals surface area contributed by atoms with E-state index in [4.69, 9.17) is 9.84 Å². The standard InChI is InChI=1S/C22H28N6O2/c1-2-30-16-6-13-23-22(29)18-11-14-27(15-12-18)20-10-9-19-24-25-21(28(19)26-20)17-7-4-3-5-8-17/h3-5,7-10,18H,2,6,11-16H2,1H3,(H,23,29). The minimum absolute atomic E-state index is 0.0619. The first kappa shape index (κ1) is 20.3. The fourth-order valence-corrected chi connectivity index (χ4v) is 3.76. The van der Waals surface area contributed by atoms with Gasteiger partial charge in [-0.15, -0.1) is 15.3 Å². The fourth-order valence-electron chi connectivity index (χ4n) is 3.76. The molecule has 0 unspecified atom stereocenters. The van der Waals surface area contributed by atoms with E-state index in [1.807, 2.05) is 49.4 Å². The van der Waals surface area contributed by atoms with Gasteiger partial charge in [-0.05, 0) is 38.3 Å². The molecule has 158 valence electrons. The van der Waals surface area contributed by atoms with Crippen molar-refractivity contribution < 1.29 is 9.53 Å². The molecule has 3 aromatic rings. The molecule has 8 heteroatoms. The Kier molecular flexibility index (Phi) is 6.53. The summed E-state index contributed by atoms with van der Waals surface area (Å²) in [7, 11) is 0. The van der Waals surface area contributed by atoms with Crippen LogP contribution < -0.4 is 10.2 Å². The van der Waals surface area contributed by atoms with Crippen LogP contribution in [0.5, 0.6) is 0 Å². The first-order valence-electron chi connectivity index (χ1n) is 10.6. The smallest absolute Gasteiger partial charge is 0.223 e. The molecular weight excluding hydrogens is 380 g/mol. The number of nitrogens with zero attached hydrogens (tertiary/aromatic N) is 5. The van der Waals surface area contributed by atoms with Crippen LogP contribution in [0.25, 0.3) is 17.0 Å². The molecule has 0 aliphatic carbocycles. The maximum Gasteiger partial charge on any atom is 0.223 e. The number of ether oxygens (including phenoxy) is 1. The second-order valence-corrected chi connectivity index (χ2v) is 7.45. The number of amides is 1. The number of carbonyl (C=O) groups excluding carboxylic acids is 1. The number of nitrogens with one attached hydrogen (secondary N) is 1. The molecule has 0 atom stereocenters. The van der Waals surface area contributed by atoms with Crippen LogP contribution in [0.15, 0.2) is 42.5 Å². The molecule has 2 aromatic heterocycles. The van der Waals surface area contributed by atoms with Crippen molar-refractivity contribution >= 4 is 17.4 Å². The number of hydrogen-bond acceptors (Lipinski definition) is 6. The summed E-state index contributed by atoms with van der Waals surface area (Å²) in [6.45, 7) is 5.67. The van der Waals surface area contributed by atoms with E-state index in [0.717, 1.165) is 55.2 Å². The maximum atomic E-state index is 12.4. The summed E-state index contributed by atoms with van der Waals surface area (Å²) in [6.07, 6.45) is 2.50. The number of benzene rings is 1. The van der Waals surface area contributed by atoms with Gasteiger partial charge < -0.3 is 15.0 Å². The lowest BCUT2D eigenvalue weighted by atomic mass is 9.96. The Morgan fingerprint density at radius 1 is 1.13 bits per heavy atom. The van der Waals surface area contributed by atoms with Gasteiger partial charge in [0.1, 0.15) is 5.82 Å². The molecule has 1 saturated heterocycles. The molecule has 1 aromatic carbocycles. The lowest BCUT2D eigenvalue weighted by molar-refractivity contribution is -0.125. The Balaban J connectivity index is 1.37. The Morgan fingerprint density at radius 3 is 2.70 bits per heavy atom. The van der Waals surface area contributed by atoms with Gasteiger partial charge in [-0.1, -0.05) is 30.3 Å². The molecule has 0 bridgehead atoms. The van der Waals surface area contributed by atoms with Crippen LogP contribution in [0.2, 0.25) is 0 Å². The zero-order valence-electron chi connectivity index (χ0n) is 17.3. The van der Waals surface area contributed by atoms with Crippen LogP contribution in [0, 0.1) is 5.92 Å². The molecule has 1 aliphatic rings. The quantitative estimate of drug-likeness (QED) is 0.577. The molecule has 30 heavy (non-hydrogen) atoms. The molecule has 8 nitrogen and oxygen atoms in total. The van der Waals surface area contributed by atoms with E-state index in [1.54, 1.807) is 4.52 Å². The van der Waals surface area contributed by atoms with E-state index in [1.165, 1.54) is 0 Å². The van der Waals surface area contributed by atoms with Crippen LogP contribution in [-0.2, 0) is 9.53 Å². The van der Waals surface area contributed by atoms with Gasteiger partial charge in [-0.25, -0.2) is 0 Å². The van der Waals surface area contributed by atoms with Gasteiger partial charge in [0.05, 0.1) is 0 Å². The van der Waals surface area contributed by atoms with Crippen molar-refractivity contribution in [2.75, 3.05) is 37.7 Å². The molecule has 1 aliphatic heterocycles. The lowest BCUT2D eigenvalue weighted by Crippen LogP contribution is -2.41. The third-order valence-electron chi connectivity index (χ3n) is 5.44. The second-order valence-electron chi connectivity index (χ2n) is 7.45. The van der Waals surface area contributed by atoms with Crippen molar-refractivity contribution in [1.29, 1.82) is 0 Å². The number of aromatic nitrogens is 4. The molecule has 1 amide bonds. The molecular formula is C22H28N6O2. The average molecular weight is 409 g/mol. The number of piperidine rings is 1. The van der Waals surface area contributed by atoms with Crippen LogP contribution in [0.3, 0.4) is 0 Å². The van der Waals surface area contributed by atoms with Crippen LogP contribution in [0.1, 0.15) is 26.2 Å². The normalized spacial score (nSPS) is 14.9. The van der Waals surface area contributed by atoms with Crippen LogP contribution >= 0.6 is 0 Å². The van der Waals surface area contributed by atoms with Crippen LogP contribution in [-0.4, -0.2) is 58.6 Å². The highest BCUT2D eigenvalue weighted by molar-refractivity contribution is 5.79. The van der Waals surface area contributed by atoms with Crippen LogP contribution in [0.4, 0.5) is 5.82 Å². The highest BCUT2D eigenvalue weighted by atomic mass is 16.5. The van der Waals surface area contributed by atoms with Crippen molar-refractivity contribution in [3.63, 3.8) is 0 Å². The summed E-state index contributed by atoms with van der Waals surface area (Å²) in [5, 5.41) is 16.4. The van der Waals surface area contributed by atoms with Crippen molar-refractivity contribution in [1.82, 2.24) is 25.1 Å². The Bertz CT molecular complexity index is 966. The minimum Gasteiger partial charge on any atom is -0.382 e. The highest BCUT2D eigenvalue weighted by Crippen LogP contribution is 2.24. The Hall–Kier alpha value is -3.00. The first-order chi connectivity index (χ1) is 14.8. The molecule has 4 rings (SSSR count). The zero-order chi connectivity index (χ0) is 20.8. The largest absolute Gasteiger partial charge is 0.382 e. The molecule has 1 N–H and O–H groups in total. The second kappa shape index (κ2) is 9.67. The van der Waals surface area contributed by atoms with Gasteiger partial charge in [0.2, 0.25) is 5.91 Å². The monoisotopic (exact) mass is 408 g/mol. The molecule has 0 radical (unpaired) electrons. The minimum atomic E-state index is 0.0619. The third kappa shape index (κ3) is 4.59. The molecule has 1 fully saturated rings. The summed E-state index contributed by atoms with van der Waals surface area (Å²) in [4.78, 5) is 14.6. The van der Waals surface area contributed by atoms with Gasteiger partial charge in [0, 0.05) is 44.3 Å². The van der Waals surface area contributed by atoms with Gasteiger partial charge in [0.15, 0.2) is 11.5 Å². The van der Waals surface area contributed by atoms with Crippen molar-refractivity contribution in [2.45, 2.75) is 26.2 Å². The van der Waals surface area contributed by atoms with Crippen molar-refractivity contribution in [3.05, 3.63) is 42.5 Å². The number of hydrogen-bond donors (Lipinski definition) is 1. The van der Waals surface area contributed by atoms with E-state index in [0.29, 0.717) is 19.8 Å². The number of carbonyl (C=O) groups is 1. The average Bonchev–Trinajstić information content (AvgIpc) is 3.23. The third-order valence-corrected chi connectivity index (χ3v) is 5.44. The van der Waals surface area contributed by atoms with Gasteiger partial charge >= 0.3 is 0 Å². The predicted octanol–water partition coefficient (Wildman–Crippen LogP) is 2.55.